The minimum atomic E-state index is -1.03. The van der Waals surface area contributed by atoms with Crippen LogP contribution in [-0.4, -0.2) is 0 Å². The lowest BCUT2D eigenvalue weighted by Gasteiger charge is -2.32. The highest BCUT2D eigenvalue weighted by molar-refractivity contribution is 5.73. The van der Waals surface area contributed by atoms with Crippen molar-refractivity contribution in [3.63, 3.8) is 0 Å². The van der Waals surface area contributed by atoms with Crippen LogP contribution in [0.15, 0.2) is 85.7 Å². The molecule has 1 atom stereocenters. The molecule has 0 saturated heterocycles. The Labute approximate surface area is 243 Å². The molecule has 4 rings (SSSR count). The van der Waals surface area contributed by atoms with Crippen molar-refractivity contribution in [1.82, 2.24) is 0 Å². The molecule has 0 N–H and O–H groups in total. The highest BCUT2D eigenvalue weighted by Gasteiger charge is 2.25. The van der Waals surface area contributed by atoms with Crippen LogP contribution >= 0.6 is 0 Å². The summed E-state index contributed by atoms with van der Waals surface area (Å²) in [6.07, 6.45) is 15.2. The van der Waals surface area contributed by atoms with Gasteiger partial charge in [-0.15, -0.1) is 6.58 Å². The van der Waals surface area contributed by atoms with Gasteiger partial charge in [0.05, 0.1) is 6.26 Å². The Hall–Kier alpha value is -3.53. The molecule has 1 unspecified atom stereocenters. The Bertz CT molecular complexity index is 1380. The summed E-state index contributed by atoms with van der Waals surface area (Å²) in [5.74, 6) is -0.403. The predicted octanol–water partition coefficient (Wildman–Crippen LogP) is 11.6. The largest absolute Gasteiger partial charge is 0.462 e. The normalized spacial score (nSPS) is 18.4. The molecule has 41 heavy (non-hydrogen) atoms. The second kappa shape index (κ2) is 14.4. The van der Waals surface area contributed by atoms with Gasteiger partial charge in [-0.3, -0.25) is 0 Å². The predicted molar refractivity (Wildman–Crippen MR) is 165 cm³/mol. The maximum Gasteiger partial charge on any atom is 0.201 e. The van der Waals surface area contributed by atoms with Crippen LogP contribution in [0, 0.1) is 35.2 Å². The number of hydrogen-bond acceptors (Lipinski definition) is 1. The summed E-state index contributed by atoms with van der Waals surface area (Å²) >= 11 is 0. The molecular weight excluding hydrogens is 517 g/mol. The van der Waals surface area contributed by atoms with E-state index in [4.69, 9.17) is 4.74 Å². The van der Waals surface area contributed by atoms with Crippen molar-refractivity contribution in [2.75, 3.05) is 0 Å². The number of rotatable bonds is 11. The standard InChI is InChI=1S/C37H41F3O/c1-5-8-23-41-35-22-21-33(36(39)37(35)40)30-17-15-29(16-18-30)31-19-20-32(34(38)24-31)25(4)9-12-27(7-3)28-13-10-26(6-2)11-14-28/h6,8-9,15-24,26-28H,2,5,7,10-14H2,1,3-4H3/b23-8-,25-9+. The third-order valence-electron chi connectivity index (χ3n) is 8.56. The van der Waals surface area contributed by atoms with Crippen molar-refractivity contribution >= 4 is 5.57 Å². The van der Waals surface area contributed by atoms with Gasteiger partial charge in [0.1, 0.15) is 5.82 Å². The molecule has 0 radical (unpaired) electrons. The second-order valence-corrected chi connectivity index (χ2v) is 11.1. The second-order valence-electron chi connectivity index (χ2n) is 11.1. The molecule has 0 amide bonds. The summed E-state index contributed by atoms with van der Waals surface area (Å²) in [5.41, 5.74) is 3.77. The van der Waals surface area contributed by atoms with E-state index in [1.54, 1.807) is 36.4 Å². The van der Waals surface area contributed by atoms with E-state index >= 15 is 4.39 Å². The summed E-state index contributed by atoms with van der Waals surface area (Å²) in [7, 11) is 0. The van der Waals surface area contributed by atoms with E-state index in [1.807, 2.05) is 26.0 Å². The van der Waals surface area contributed by atoms with Gasteiger partial charge >= 0.3 is 0 Å². The average molecular weight is 559 g/mol. The molecule has 216 valence electrons. The number of ether oxygens (including phenoxy) is 1. The van der Waals surface area contributed by atoms with Crippen molar-refractivity contribution in [3.05, 3.63) is 109 Å². The molecule has 1 aliphatic carbocycles. The quantitative estimate of drug-likeness (QED) is 0.168. The average Bonchev–Trinajstić information content (AvgIpc) is 3.00. The van der Waals surface area contributed by atoms with Crippen LogP contribution in [0.2, 0.25) is 0 Å². The first-order valence-corrected chi connectivity index (χ1v) is 14.9. The molecule has 0 spiro atoms. The SMILES string of the molecule is C=CC1CCC(C(CC)C/C=C(\C)c2ccc(-c3ccc(-c4ccc(O/C=C\CC)c(F)c4F)cc3)cc2F)CC1. The highest BCUT2D eigenvalue weighted by Crippen LogP contribution is 2.38. The lowest BCUT2D eigenvalue weighted by molar-refractivity contribution is 0.219. The molecule has 3 aromatic rings. The molecule has 0 bridgehead atoms. The zero-order valence-corrected chi connectivity index (χ0v) is 24.4. The van der Waals surface area contributed by atoms with E-state index in [-0.39, 0.29) is 17.1 Å². The van der Waals surface area contributed by atoms with Gasteiger partial charge in [-0.1, -0.05) is 68.8 Å². The smallest absolute Gasteiger partial charge is 0.201 e. The minimum Gasteiger partial charge on any atom is -0.462 e. The molecule has 0 heterocycles. The molecule has 4 heteroatoms. The van der Waals surface area contributed by atoms with E-state index in [0.717, 1.165) is 41.9 Å². The van der Waals surface area contributed by atoms with Crippen molar-refractivity contribution in [2.24, 2.45) is 17.8 Å². The Kier molecular flexibility index (Phi) is 10.7. The van der Waals surface area contributed by atoms with Crippen LogP contribution in [0.1, 0.15) is 71.3 Å². The lowest BCUT2D eigenvalue weighted by Crippen LogP contribution is -2.20. The van der Waals surface area contributed by atoms with Gasteiger partial charge in [0.15, 0.2) is 11.6 Å². The molecule has 1 aliphatic rings. The molecule has 1 saturated carbocycles. The van der Waals surface area contributed by atoms with Gasteiger partial charge in [-0.05, 0) is 110 Å². The number of halogens is 3. The number of hydrogen-bond donors (Lipinski definition) is 0. The fourth-order valence-electron chi connectivity index (χ4n) is 5.90. The first-order valence-electron chi connectivity index (χ1n) is 14.9. The van der Waals surface area contributed by atoms with Crippen molar-refractivity contribution in [1.29, 1.82) is 0 Å². The monoisotopic (exact) mass is 558 g/mol. The van der Waals surface area contributed by atoms with Crippen molar-refractivity contribution < 1.29 is 17.9 Å². The topological polar surface area (TPSA) is 9.23 Å². The fraction of sp³-hybridized carbons (Fsp3) is 0.351. The lowest BCUT2D eigenvalue weighted by atomic mass is 9.74. The Morgan fingerprint density at radius 2 is 1.59 bits per heavy atom. The van der Waals surface area contributed by atoms with Crippen LogP contribution in [-0.2, 0) is 0 Å². The van der Waals surface area contributed by atoms with E-state index in [0.29, 0.717) is 23.0 Å². The van der Waals surface area contributed by atoms with E-state index in [2.05, 4.69) is 25.7 Å². The van der Waals surface area contributed by atoms with E-state index < -0.39 is 11.6 Å². The van der Waals surface area contributed by atoms with E-state index in [1.165, 1.54) is 44.1 Å². The third kappa shape index (κ3) is 7.41. The van der Waals surface area contributed by atoms with Crippen LogP contribution < -0.4 is 4.74 Å². The maximum atomic E-state index is 15.3. The Morgan fingerprint density at radius 1 is 0.902 bits per heavy atom. The van der Waals surface area contributed by atoms with Crippen molar-refractivity contribution in [2.45, 2.75) is 65.7 Å². The molecule has 1 fully saturated rings. The minimum absolute atomic E-state index is 0.141. The molecular formula is C37H41F3O. The highest BCUT2D eigenvalue weighted by atomic mass is 19.2. The van der Waals surface area contributed by atoms with Crippen LogP contribution in [0.3, 0.4) is 0 Å². The van der Waals surface area contributed by atoms with Gasteiger partial charge < -0.3 is 4.74 Å². The molecule has 3 aromatic carbocycles. The summed E-state index contributed by atoms with van der Waals surface area (Å²) in [4.78, 5) is 0. The summed E-state index contributed by atoms with van der Waals surface area (Å²) in [6.45, 7) is 10.1. The zero-order valence-electron chi connectivity index (χ0n) is 24.4. The number of allylic oxidation sites excluding steroid dienone is 4. The van der Waals surface area contributed by atoms with Crippen LogP contribution in [0.5, 0.6) is 5.75 Å². The molecule has 0 aliphatic heterocycles. The molecule has 0 aromatic heterocycles. The van der Waals surface area contributed by atoms with Crippen LogP contribution in [0.25, 0.3) is 27.8 Å². The fourth-order valence-corrected chi connectivity index (χ4v) is 5.90. The zero-order chi connectivity index (χ0) is 29.4. The first kappa shape index (κ1) is 30.4. The van der Waals surface area contributed by atoms with Gasteiger partial charge in [0.2, 0.25) is 5.82 Å². The maximum absolute atomic E-state index is 15.3. The number of benzene rings is 3. The Balaban J connectivity index is 1.45. The van der Waals surface area contributed by atoms with Gasteiger partial charge in [-0.2, -0.15) is 4.39 Å². The summed E-state index contributed by atoms with van der Waals surface area (Å²) in [6, 6.07) is 15.2. The summed E-state index contributed by atoms with van der Waals surface area (Å²) < 4.78 is 49.8. The first-order chi connectivity index (χ1) is 19.9. The van der Waals surface area contributed by atoms with Gasteiger partial charge in [-0.25, -0.2) is 8.78 Å². The van der Waals surface area contributed by atoms with Gasteiger partial charge in [0, 0.05) is 11.1 Å². The third-order valence-corrected chi connectivity index (χ3v) is 8.56. The summed E-state index contributed by atoms with van der Waals surface area (Å²) in [5, 5.41) is 0. The molecule has 1 nitrogen and oxygen atoms in total. The van der Waals surface area contributed by atoms with Gasteiger partial charge in [0.25, 0.3) is 0 Å². The van der Waals surface area contributed by atoms with Crippen molar-refractivity contribution in [3.8, 4) is 28.0 Å². The van der Waals surface area contributed by atoms with E-state index in [9.17, 15) is 8.78 Å². The van der Waals surface area contributed by atoms with Crippen LogP contribution in [0.4, 0.5) is 13.2 Å². The Morgan fingerprint density at radius 3 is 2.22 bits per heavy atom.